The highest BCUT2D eigenvalue weighted by Gasteiger charge is 2.28. The normalized spacial score (nSPS) is 18.2. The Kier molecular flexibility index (Phi) is 4.80. The van der Waals surface area contributed by atoms with Gasteiger partial charge in [0.15, 0.2) is 0 Å². The molecule has 2 heterocycles. The van der Waals surface area contributed by atoms with Gasteiger partial charge in [-0.3, -0.25) is 9.58 Å². The van der Waals surface area contributed by atoms with E-state index in [0.29, 0.717) is 6.54 Å². The third-order valence-electron chi connectivity index (χ3n) is 4.90. The highest BCUT2D eigenvalue weighted by molar-refractivity contribution is 5.33. The number of hydrogen-bond donors (Lipinski definition) is 2. The molecule has 1 aliphatic rings. The van der Waals surface area contributed by atoms with Gasteiger partial charge in [0.1, 0.15) is 0 Å². The number of aliphatic hydroxyl groups is 2. The van der Waals surface area contributed by atoms with Crippen LogP contribution in [0.3, 0.4) is 0 Å². The third-order valence-corrected chi connectivity index (χ3v) is 4.90. The molecule has 0 spiro atoms. The van der Waals surface area contributed by atoms with E-state index in [1.54, 1.807) is 0 Å². The van der Waals surface area contributed by atoms with E-state index in [2.05, 4.69) is 35.1 Å². The second kappa shape index (κ2) is 6.83. The van der Waals surface area contributed by atoms with Crippen LogP contribution in [0.5, 0.6) is 0 Å². The largest absolute Gasteiger partial charge is 0.394 e. The number of fused-ring (bicyclic) bond motifs is 1. The molecular formula is C18H25N3O2. The molecule has 0 amide bonds. The Morgan fingerprint density at radius 2 is 2.00 bits per heavy atom. The summed E-state index contributed by atoms with van der Waals surface area (Å²) in [6.45, 7) is 6.53. The second-order valence-electron chi connectivity index (χ2n) is 6.21. The van der Waals surface area contributed by atoms with Gasteiger partial charge in [0.05, 0.1) is 31.5 Å². The van der Waals surface area contributed by atoms with Crippen molar-refractivity contribution in [3.63, 3.8) is 0 Å². The highest BCUT2D eigenvalue weighted by Crippen LogP contribution is 2.31. The quantitative estimate of drug-likeness (QED) is 0.879. The Morgan fingerprint density at radius 1 is 1.22 bits per heavy atom. The lowest BCUT2D eigenvalue weighted by Gasteiger charge is -2.36. The van der Waals surface area contributed by atoms with E-state index in [-0.39, 0.29) is 19.3 Å². The van der Waals surface area contributed by atoms with Crippen molar-refractivity contribution >= 4 is 0 Å². The van der Waals surface area contributed by atoms with Crippen LogP contribution < -0.4 is 0 Å². The van der Waals surface area contributed by atoms with E-state index in [1.165, 1.54) is 16.7 Å². The molecule has 0 radical (unpaired) electrons. The molecule has 0 saturated heterocycles. The Bertz CT molecular complexity index is 681. The Balaban J connectivity index is 1.86. The molecule has 2 aromatic rings. The summed E-state index contributed by atoms with van der Waals surface area (Å²) < 4.78 is 1.87. The van der Waals surface area contributed by atoms with Gasteiger partial charge >= 0.3 is 0 Å². The predicted molar refractivity (Wildman–Crippen MR) is 89.2 cm³/mol. The minimum Gasteiger partial charge on any atom is -0.394 e. The molecule has 0 saturated carbocycles. The monoisotopic (exact) mass is 315 g/mol. The standard InChI is InChI=1S/C18H25N3O2/c1-13-17(14(2)21(19-13)9-10-22)11-20-8-7-15-5-3-4-6-16(15)18(20)12-23/h3-6,18,22-23H,7-12H2,1-2H3. The summed E-state index contributed by atoms with van der Waals surface area (Å²) in [4.78, 5) is 2.34. The van der Waals surface area contributed by atoms with Gasteiger partial charge in [-0.05, 0) is 31.4 Å². The minimum atomic E-state index is 0.0416. The van der Waals surface area contributed by atoms with Crippen LogP contribution in [0.25, 0.3) is 0 Å². The topological polar surface area (TPSA) is 61.5 Å². The number of hydrogen-bond acceptors (Lipinski definition) is 4. The molecule has 3 rings (SSSR count). The fraction of sp³-hybridized carbons (Fsp3) is 0.500. The van der Waals surface area contributed by atoms with Crippen LogP contribution in [-0.4, -0.2) is 44.7 Å². The van der Waals surface area contributed by atoms with E-state index in [9.17, 15) is 5.11 Å². The van der Waals surface area contributed by atoms with Crippen molar-refractivity contribution in [2.45, 2.75) is 39.4 Å². The van der Waals surface area contributed by atoms with Gasteiger partial charge in [0, 0.05) is 24.3 Å². The SMILES string of the molecule is Cc1nn(CCO)c(C)c1CN1CCc2ccccc2C1CO. The molecule has 0 fully saturated rings. The van der Waals surface area contributed by atoms with Crippen molar-refractivity contribution in [1.29, 1.82) is 0 Å². The van der Waals surface area contributed by atoms with Gasteiger partial charge in [-0.1, -0.05) is 24.3 Å². The lowest BCUT2D eigenvalue weighted by molar-refractivity contribution is 0.108. The molecule has 23 heavy (non-hydrogen) atoms. The van der Waals surface area contributed by atoms with Crippen LogP contribution in [-0.2, 0) is 19.5 Å². The Hall–Kier alpha value is -1.69. The highest BCUT2D eigenvalue weighted by atomic mass is 16.3. The molecule has 2 N–H and O–H groups in total. The number of nitrogens with zero attached hydrogens (tertiary/aromatic N) is 3. The number of aliphatic hydroxyl groups excluding tert-OH is 2. The lowest BCUT2D eigenvalue weighted by atomic mass is 9.92. The number of benzene rings is 1. The molecule has 1 atom stereocenters. The number of rotatable bonds is 5. The molecular weight excluding hydrogens is 290 g/mol. The van der Waals surface area contributed by atoms with E-state index in [0.717, 1.165) is 30.9 Å². The van der Waals surface area contributed by atoms with Crippen molar-refractivity contribution < 1.29 is 10.2 Å². The van der Waals surface area contributed by atoms with Gasteiger partial charge in [0.25, 0.3) is 0 Å². The van der Waals surface area contributed by atoms with E-state index in [1.807, 2.05) is 17.7 Å². The van der Waals surface area contributed by atoms with Gasteiger partial charge in [-0.15, -0.1) is 0 Å². The molecule has 5 heteroatoms. The van der Waals surface area contributed by atoms with Crippen LogP contribution >= 0.6 is 0 Å². The maximum atomic E-state index is 9.92. The molecule has 1 aromatic carbocycles. The van der Waals surface area contributed by atoms with E-state index < -0.39 is 0 Å². The van der Waals surface area contributed by atoms with Crippen molar-refractivity contribution in [2.75, 3.05) is 19.8 Å². The summed E-state index contributed by atoms with van der Waals surface area (Å²) in [6, 6.07) is 8.43. The number of aryl methyl sites for hydroxylation is 1. The zero-order valence-corrected chi connectivity index (χ0v) is 13.9. The minimum absolute atomic E-state index is 0.0416. The first-order chi connectivity index (χ1) is 11.2. The van der Waals surface area contributed by atoms with Gasteiger partial charge in [-0.2, -0.15) is 5.10 Å². The van der Waals surface area contributed by atoms with Crippen molar-refractivity contribution in [1.82, 2.24) is 14.7 Å². The van der Waals surface area contributed by atoms with Gasteiger partial charge < -0.3 is 10.2 Å². The zero-order chi connectivity index (χ0) is 16.4. The Morgan fingerprint density at radius 3 is 2.74 bits per heavy atom. The van der Waals surface area contributed by atoms with Crippen LogP contribution in [0, 0.1) is 13.8 Å². The first-order valence-corrected chi connectivity index (χ1v) is 8.22. The summed E-state index contributed by atoms with van der Waals surface area (Å²) in [7, 11) is 0. The molecule has 5 nitrogen and oxygen atoms in total. The summed E-state index contributed by atoms with van der Waals surface area (Å²) in [5, 5.41) is 23.6. The number of aromatic nitrogens is 2. The summed E-state index contributed by atoms with van der Waals surface area (Å²) in [5.41, 5.74) is 5.89. The van der Waals surface area contributed by atoms with Crippen LogP contribution in [0.2, 0.25) is 0 Å². The van der Waals surface area contributed by atoms with Gasteiger partial charge in [0.2, 0.25) is 0 Å². The Labute approximate surface area is 137 Å². The maximum absolute atomic E-state index is 9.92. The van der Waals surface area contributed by atoms with Crippen LogP contribution in [0.4, 0.5) is 0 Å². The molecule has 124 valence electrons. The molecule has 1 aliphatic heterocycles. The molecule has 1 unspecified atom stereocenters. The molecule has 0 bridgehead atoms. The van der Waals surface area contributed by atoms with Crippen molar-refractivity contribution in [3.8, 4) is 0 Å². The maximum Gasteiger partial charge on any atom is 0.0644 e. The molecule has 0 aliphatic carbocycles. The summed E-state index contributed by atoms with van der Waals surface area (Å²) >= 11 is 0. The molecule has 1 aromatic heterocycles. The van der Waals surface area contributed by atoms with E-state index >= 15 is 0 Å². The zero-order valence-electron chi connectivity index (χ0n) is 13.9. The average molecular weight is 315 g/mol. The average Bonchev–Trinajstić information content (AvgIpc) is 2.82. The predicted octanol–water partition coefficient (Wildman–Crippen LogP) is 1.58. The lowest BCUT2D eigenvalue weighted by Crippen LogP contribution is -2.37. The fourth-order valence-electron chi connectivity index (χ4n) is 3.58. The first-order valence-electron chi connectivity index (χ1n) is 8.22. The fourth-order valence-corrected chi connectivity index (χ4v) is 3.58. The summed E-state index contributed by atoms with van der Waals surface area (Å²) in [6.07, 6.45) is 1.01. The van der Waals surface area contributed by atoms with Crippen molar-refractivity contribution in [2.24, 2.45) is 0 Å². The van der Waals surface area contributed by atoms with Crippen LogP contribution in [0.15, 0.2) is 24.3 Å². The third kappa shape index (κ3) is 3.04. The van der Waals surface area contributed by atoms with Crippen LogP contribution in [0.1, 0.15) is 34.1 Å². The second-order valence-corrected chi connectivity index (χ2v) is 6.21. The first kappa shape index (κ1) is 16.2. The van der Waals surface area contributed by atoms with E-state index in [4.69, 9.17) is 5.11 Å². The van der Waals surface area contributed by atoms with Gasteiger partial charge in [-0.25, -0.2) is 0 Å². The summed E-state index contributed by atoms with van der Waals surface area (Å²) in [5.74, 6) is 0. The van der Waals surface area contributed by atoms with Crippen molar-refractivity contribution in [3.05, 3.63) is 52.3 Å². The smallest absolute Gasteiger partial charge is 0.0644 e.